The van der Waals surface area contributed by atoms with Gasteiger partial charge in [0.25, 0.3) is 0 Å². The fraction of sp³-hybridized carbons (Fsp3) is 0.471. The molecule has 2 aliphatic rings. The number of benzene rings is 1. The Kier molecular flexibility index (Phi) is 4.94. The summed E-state index contributed by atoms with van der Waals surface area (Å²) in [6, 6.07) is 7.58. The molecule has 8 heteroatoms. The number of rotatable bonds is 2. The number of hydrogen-bond donors (Lipinski definition) is 1. The van der Waals surface area contributed by atoms with E-state index in [-0.39, 0.29) is 29.3 Å². The second-order valence-corrected chi connectivity index (χ2v) is 8.73. The summed E-state index contributed by atoms with van der Waals surface area (Å²) in [5.74, 6) is 0.619. The van der Waals surface area contributed by atoms with E-state index in [9.17, 15) is 13.2 Å². The van der Waals surface area contributed by atoms with Crippen LogP contribution < -0.4 is 11.4 Å². The molecule has 1 aromatic heterocycles. The van der Waals surface area contributed by atoms with Crippen molar-refractivity contribution in [3.8, 4) is 0 Å². The van der Waals surface area contributed by atoms with Crippen LogP contribution in [-0.2, 0) is 10.0 Å². The Morgan fingerprint density at radius 2 is 1.92 bits per heavy atom. The summed E-state index contributed by atoms with van der Waals surface area (Å²) >= 11 is 0. The lowest BCUT2D eigenvalue weighted by Gasteiger charge is -2.29. The molecule has 6 nitrogen and oxygen atoms in total. The number of hydrogen-bond acceptors (Lipinski definition) is 5. The molecule has 0 bridgehead atoms. The topological polar surface area (TPSA) is 93.6 Å². The fourth-order valence-corrected chi connectivity index (χ4v) is 5.60. The van der Waals surface area contributed by atoms with E-state index in [1.165, 1.54) is 12.1 Å². The van der Waals surface area contributed by atoms with Crippen LogP contribution in [0.4, 0.5) is 0 Å². The molecule has 0 spiro atoms. The third-order valence-corrected chi connectivity index (χ3v) is 7.18. The first-order valence-corrected chi connectivity index (χ1v) is 9.69. The average Bonchev–Trinajstić information content (AvgIpc) is 3.01. The summed E-state index contributed by atoms with van der Waals surface area (Å²) in [5.41, 5.74) is 6.13. The van der Waals surface area contributed by atoms with Gasteiger partial charge in [-0.25, -0.2) is 13.2 Å². The SMILES string of the molecule is Cl.NC1CCCC2CN(S(=O)(=O)c3ccc4oc(=O)ccc4c3)CC12. The second kappa shape index (κ2) is 6.72. The summed E-state index contributed by atoms with van der Waals surface area (Å²) in [6.45, 7) is 1.04. The summed E-state index contributed by atoms with van der Waals surface area (Å²) in [7, 11) is -3.56. The monoisotopic (exact) mass is 384 g/mol. The highest BCUT2D eigenvalue weighted by atomic mass is 35.5. The van der Waals surface area contributed by atoms with E-state index < -0.39 is 15.6 Å². The van der Waals surface area contributed by atoms with Crippen molar-refractivity contribution in [1.29, 1.82) is 0 Å². The van der Waals surface area contributed by atoms with Gasteiger partial charge in [-0.2, -0.15) is 4.31 Å². The van der Waals surface area contributed by atoms with Gasteiger partial charge in [-0.05, 0) is 48.9 Å². The van der Waals surface area contributed by atoms with Gasteiger partial charge in [0.2, 0.25) is 10.0 Å². The van der Waals surface area contributed by atoms with Crippen molar-refractivity contribution in [3.63, 3.8) is 0 Å². The van der Waals surface area contributed by atoms with Crippen molar-refractivity contribution < 1.29 is 12.8 Å². The summed E-state index contributed by atoms with van der Waals surface area (Å²) in [6.07, 6.45) is 3.10. The van der Waals surface area contributed by atoms with Crippen molar-refractivity contribution in [2.24, 2.45) is 17.6 Å². The molecule has 1 aromatic carbocycles. The molecule has 3 unspecified atom stereocenters. The molecule has 136 valence electrons. The van der Waals surface area contributed by atoms with E-state index in [4.69, 9.17) is 10.2 Å². The minimum Gasteiger partial charge on any atom is -0.423 e. The van der Waals surface area contributed by atoms with E-state index in [1.807, 2.05) is 0 Å². The van der Waals surface area contributed by atoms with Gasteiger partial charge < -0.3 is 10.2 Å². The lowest BCUT2D eigenvalue weighted by atomic mass is 9.78. The molecule has 2 N–H and O–H groups in total. The molecule has 1 saturated carbocycles. The first-order chi connectivity index (χ1) is 11.4. The standard InChI is InChI=1S/C17H20N2O4S.ClH/c18-15-3-1-2-12-9-19(10-14(12)15)24(21,22)13-5-6-16-11(8-13)4-7-17(20)23-16;/h4-8,12,14-15H,1-3,9-10,18H2;1H. The highest BCUT2D eigenvalue weighted by molar-refractivity contribution is 7.89. The van der Waals surface area contributed by atoms with Gasteiger partial charge in [0.1, 0.15) is 5.58 Å². The Bertz CT molecular complexity index is 943. The Hall–Kier alpha value is -1.41. The minimum absolute atomic E-state index is 0. The molecule has 2 aromatic rings. The van der Waals surface area contributed by atoms with Gasteiger partial charge in [-0.1, -0.05) is 6.42 Å². The van der Waals surface area contributed by atoms with Crippen LogP contribution in [0.25, 0.3) is 11.0 Å². The van der Waals surface area contributed by atoms with Crippen LogP contribution in [0.2, 0.25) is 0 Å². The van der Waals surface area contributed by atoms with Crippen LogP contribution in [0.5, 0.6) is 0 Å². The molecule has 25 heavy (non-hydrogen) atoms. The van der Waals surface area contributed by atoms with Crippen LogP contribution in [0.1, 0.15) is 19.3 Å². The third-order valence-electron chi connectivity index (χ3n) is 5.35. The number of nitrogens with zero attached hydrogens (tertiary/aromatic N) is 1. The Morgan fingerprint density at radius 1 is 1.12 bits per heavy atom. The van der Waals surface area contributed by atoms with E-state index in [0.717, 1.165) is 19.3 Å². The minimum atomic E-state index is -3.56. The molecule has 3 atom stereocenters. The molecule has 4 rings (SSSR count). The maximum Gasteiger partial charge on any atom is 0.336 e. The molecule has 2 heterocycles. The van der Waals surface area contributed by atoms with Crippen molar-refractivity contribution in [1.82, 2.24) is 4.31 Å². The zero-order valence-electron chi connectivity index (χ0n) is 13.6. The first kappa shape index (κ1) is 18.4. The third kappa shape index (κ3) is 3.21. The number of fused-ring (bicyclic) bond motifs is 2. The summed E-state index contributed by atoms with van der Waals surface area (Å²) in [4.78, 5) is 11.5. The molecule has 0 amide bonds. The van der Waals surface area contributed by atoms with Crippen LogP contribution in [0, 0.1) is 11.8 Å². The summed E-state index contributed by atoms with van der Waals surface area (Å²) < 4.78 is 32.6. The molecule has 1 aliphatic heterocycles. The van der Waals surface area contributed by atoms with Crippen LogP contribution >= 0.6 is 12.4 Å². The molecule has 1 saturated heterocycles. The normalized spacial score (nSPS) is 27.0. The fourth-order valence-electron chi connectivity index (χ4n) is 4.03. The Morgan fingerprint density at radius 3 is 2.68 bits per heavy atom. The van der Waals surface area contributed by atoms with Crippen molar-refractivity contribution in [3.05, 3.63) is 40.8 Å². The molecule has 0 radical (unpaired) electrons. The lowest BCUT2D eigenvalue weighted by molar-refractivity contribution is 0.260. The lowest BCUT2D eigenvalue weighted by Crippen LogP contribution is -2.38. The zero-order valence-corrected chi connectivity index (χ0v) is 15.3. The Balaban J connectivity index is 0.00000182. The maximum atomic E-state index is 13.0. The highest BCUT2D eigenvalue weighted by Crippen LogP contribution is 2.38. The zero-order chi connectivity index (χ0) is 16.9. The predicted molar refractivity (Wildman–Crippen MR) is 97.3 cm³/mol. The summed E-state index contributed by atoms with van der Waals surface area (Å²) in [5, 5.41) is 0.601. The highest BCUT2D eigenvalue weighted by Gasteiger charge is 2.43. The number of halogens is 1. The van der Waals surface area contributed by atoms with Crippen molar-refractivity contribution in [2.75, 3.05) is 13.1 Å². The first-order valence-electron chi connectivity index (χ1n) is 8.25. The van der Waals surface area contributed by atoms with Crippen LogP contribution in [0.15, 0.2) is 44.4 Å². The Labute approximate surface area is 152 Å². The van der Waals surface area contributed by atoms with E-state index in [0.29, 0.717) is 30.0 Å². The number of nitrogens with two attached hydrogens (primary N) is 1. The second-order valence-electron chi connectivity index (χ2n) is 6.79. The van der Waals surface area contributed by atoms with Gasteiger partial charge in [-0.3, -0.25) is 0 Å². The smallest absolute Gasteiger partial charge is 0.336 e. The van der Waals surface area contributed by atoms with Gasteiger partial charge in [0.15, 0.2) is 0 Å². The van der Waals surface area contributed by atoms with Gasteiger partial charge in [0.05, 0.1) is 4.90 Å². The van der Waals surface area contributed by atoms with E-state index >= 15 is 0 Å². The van der Waals surface area contributed by atoms with E-state index in [1.54, 1.807) is 22.5 Å². The quantitative estimate of drug-likeness (QED) is 0.799. The molecule has 2 fully saturated rings. The van der Waals surface area contributed by atoms with Crippen LogP contribution in [0.3, 0.4) is 0 Å². The predicted octanol–water partition coefficient (Wildman–Crippen LogP) is 1.96. The molecular formula is C17H21ClN2O4S. The van der Waals surface area contributed by atoms with Gasteiger partial charge >= 0.3 is 5.63 Å². The van der Waals surface area contributed by atoms with Crippen molar-refractivity contribution in [2.45, 2.75) is 30.2 Å². The average molecular weight is 385 g/mol. The van der Waals surface area contributed by atoms with Gasteiger partial charge in [-0.15, -0.1) is 12.4 Å². The molecular weight excluding hydrogens is 364 g/mol. The van der Waals surface area contributed by atoms with E-state index in [2.05, 4.69) is 0 Å². The van der Waals surface area contributed by atoms with Gasteiger partial charge in [0, 0.05) is 30.6 Å². The largest absolute Gasteiger partial charge is 0.423 e. The number of sulfonamides is 1. The van der Waals surface area contributed by atoms with Crippen molar-refractivity contribution >= 4 is 33.4 Å². The van der Waals surface area contributed by atoms with Crippen LogP contribution in [-0.4, -0.2) is 31.9 Å². The molecule has 1 aliphatic carbocycles. The maximum absolute atomic E-state index is 13.0.